The number of methoxy groups -OCH3 is 1. The van der Waals surface area contributed by atoms with Crippen LogP contribution in [0.25, 0.3) is 0 Å². The number of halogens is 2. The number of nitrogens with one attached hydrogen (secondary N) is 1. The van der Waals surface area contributed by atoms with Crippen molar-refractivity contribution >= 4 is 5.82 Å². The summed E-state index contributed by atoms with van der Waals surface area (Å²) in [5, 5.41) is 12.6. The number of hydrogen-bond donors (Lipinski definition) is 1. The lowest BCUT2D eigenvalue weighted by molar-refractivity contribution is -0.259. The fraction of sp³-hybridized carbons (Fsp3) is 0.538. The molecule has 4 rings (SSSR count). The molecule has 2 aliphatic heterocycles. The number of benzene rings is 1. The van der Waals surface area contributed by atoms with Crippen LogP contribution < -0.4 is 15.0 Å². The van der Waals surface area contributed by atoms with Gasteiger partial charge in [-0.1, -0.05) is 26.8 Å². The van der Waals surface area contributed by atoms with Crippen molar-refractivity contribution in [2.75, 3.05) is 38.3 Å². The number of ether oxygens (including phenoxy) is 3. The number of rotatable bonds is 7. The van der Waals surface area contributed by atoms with Crippen molar-refractivity contribution in [3.63, 3.8) is 0 Å². The van der Waals surface area contributed by atoms with Crippen molar-refractivity contribution in [2.45, 2.75) is 46.1 Å². The molecule has 1 spiro atoms. The number of pyridine rings is 1. The van der Waals surface area contributed by atoms with Gasteiger partial charge in [0.2, 0.25) is 5.82 Å². The van der Waals surface area contributed by atoms with Crippen LogP contribution in [0.5, 0.6) is 5.75 Å². The number of aromatic nitrogens is 1. The molecule has 2 aromatic rings. The van der Waals surface area contributed by atoms with E-state index in [0.717, 1.165) is 6.54 Å². The fourth-order valence-electron chi connectivity index (χ4n) is 4.99. The normalized spacial score (nSPS) is 24.0. The molecule has 1 N–H and O–H groups in total. The average Bonchev–Trinajstić information content (AvgIpc) is 2.83. The van der Waals surface area contributed by atoms with Crippen LogP contribution in [0, 0.1) is 33.8 Å². The molecule has 2 fully saturated rings. The summed E-state index contributed by atoms with van der Waals surface area (Å²) in [5.74, 6) is -1.58. The lowest BCUT2D eigenvalue weighted by atomic mass is 9.64. The van der Waals surface area contributed by atoms with Gasteiger partial charge < -0.3 is 24.4 Å². The molecule has 35 heavy (non-hydrogen) atoms. The zero-order valence-corrected chi connectivity index (χ0v) is 20.6. The van der Waals surface area contributed by atoms with Crippen molar-refractivity contribution < 1.29 is 23.0 Å². The smallest absolute Gasteiger partial charge is 0.200 e. The van der Waals surface area contributed by atoms with Crippen LogP contribution in [-0.2, 0) is 16.0 Å². The molecule has 0 aliphatic carbocycles. The molecule has 2 aliphatic rings. The largest absolute Gasteiger partial charge is 0.494 e. The molecule has 188 valence electrons. The van der Waals surface area contributed by atoms with Gasteiger partial charge in [0.1, 0.15) is 11.9 Å². The van der Waals surface area contributed by atoms with Gasteiger partial charge in [0, 0.05) is 49.3 Å². The fourth-order valence-corrected chi connectivity index (χ4v) is 4.99. The summed E-state index contributed by atoms with van der Waals surface area (Å²) in [4.78, 5) is 6.18. The number of nitrogens with zero attached hydrogens (tertiary/aromatic N) is 3. The summed E-state index contributed by atoms with van der Waals surface area (Å²) >= 11 is 0. The Morgan fingerprint density at radius 1 is 1.20 bits per heavy atom. The van der Waals surface area contributed by atoms with Gasteiger partial charge in [0.25, 0.3) is 0 Å². The SMILES string of the molecule is COc1ccc(CN(CCC2OCC3(CNC3C(C)(C)C)CO2)c2ccc(C#N)cn2)c(F)c1F. The number of hydrogen-bond acceptors (Lipinski definition) is 7. The highest BCUT2D eigenvalue weighted by Gasteiger charge is 2.54. The van der Waals surface area contributed by atoms with Crippen LogP contribution in [-0.4, -0.2) is 50.7 Å². The number of anilines is 1. The first-order valence-electron chi connectivity index (χ1n) is 11.8. The molecule has 7 nitrogen and oxygen atoms in total. The quantitative estimate of drug-likeness (QED) is 0.633. The molecule has 9 heteroatoms. The van der Waals surface area contributed by atoms with Gasteiger partial charge in [-0.2, -0.15) is 9.65 Å². The molecule has 1 aromatic heterocycles. The molecule has 3 heterocycles. The third kappa shape index (κ3) is 5.25. The Morgan fingerprint density at radius 3 is 2.49 bits per heavy atom. The summed E-state index contributed by atoms with van der Waals surface area (Å²) in [6.07, 6.45) is 1.58. The maximum Gasteiger partial charge on any atom is 0.200 e. The molecule has 0 saturated carbocycles. The highest BCUT2D eigenvalue weighted by Crippen LogP contribution is 2.43. The van der Waals surface area contributed by atoms with Crippen LogP contribution in [0.1, 0.15) is 38.3 Å². The van der Waals surface area contributed by atoms with E-state index in [4.69, 9.17) is 19.5 Å². The molecule has 1 unspecified atom stereocenters. The topological polar surface area (TPSA) is 79.6 Å². The van der Waals surface area contributed by atoms with Gasteiger partial charge in [0.15, 0.2) is 17.9 Å². The van der Waals surface area contributed by atoms with E-state index in [1.54, 1.807) is 12.1 Å². The van der Waals surface area contributed by atoms with Gasteiger partial charge in [0.05, 0.1) is 25.9 Å². The molecule has 0 bridgehead atoms. The van der Waals surface area contributed by atoms with Crippen LogP contribution in [0.2, 0.25) is 0 Å². The summed E-state index contributed by atoms with van der Waals surface area (Å²) < 4.78 is 46.1. The summed E-state index contributed by atoms with van der Waals surface area (Å²) in [6, 6.07) is 8.61. The second kappa shape index (κ2) is 10.1. The number of nitriles is 1. The van der Waals surface area contributed by atoms with Crippen LogP contribution in [0.15, 0.2) is 30.5 Å². The van der Waals surface area contributed by atoms with Gasteiger partial charge in [-0.15, -0.1) is 0 Å². The monoisotopic (exact) mass is 486 g/mol. The minimum Gasteiger partial charge on any atom is -0.494 e. The second-order valence-electron chi connectivity index (χ2n) is 10.4. The minimum atomic E-state index is -1.02. The van der Waals surface area contributed by atoms with E-state index in [1.807, 2.05) is 11.0 Å². The molecule has 2 saturated heterocycles. The van der Waals surface area contributed by atoms with E-state index in [-0.39, 0.29) is 28.7 Å². The Bertz CT molecular complexity index is 1070. The van der Waals surface area contributed by atoms with Crippen LogP contribution >= 0.6 is 0 Å². The summed E-state index contributed by atoms with van der Waals surface area (Å²) in [6.45, 7) is 9.23. The molecule has 0 amide bonds. The Labute approximate surface area is 205 Å². The molecule has 1 atom stereocenters. The molecular weight excluding hydrogens is 454 g/mol. The summed E-state index contributed by atoms with van der Waals surface area (Å²) in [5.41, 5.74) is 0.676. The lowest BCUT2D eigenvalue weighted by Crippen LogP contribution is -2.72. The average molecular weight is 487 g/mol. The highest BCUT2D eigenvalue weighted by atomic mass is 19.2. The predicted molar refractivity (Wildman–Crippen MR) is 127 cm³/mol. The van der Waals surface area contributed by atoms with Crippen molar-refractivity contribution in [3.8, 4) is 11.8 Å². The zero-order chi connectivity index (χ0) is 25.2. The van der Waals surface area contributed by atoms with Crippen molar-refractivity contribution in [1.82, 2.24) is 10.3 Å². The molecule has 1 aromatic carbocycles. The third-order valence-electron chi connectivity index (χ3n) is 6.79. The van der Waals surface area contributed by atoms with Gasteiger partial charge in [-0.25, -0.2) is 9.37 Å². The second-order valence-corrected chi connectivity index (χ2v) is 10.4. The Hall–Kier alpha value is -2.80. The van der Waals surface area contributed by atoms with E-state index < -0.39 is 17.9 Å². The van der Waals surface area contributed by atoms with Crippen LogP contribution in [0.3, 0.4) is 0 Å². The first-order valence-corrected chi connectivity index (χ1v) is 11.8. The zero-order valence-electron chi connectivity index (χ0n) is 20.6. The Kier molecular flexibility index (Phi) is 7.27. The minimum absolute atomic E-state index is 0.0210. The first-order chi connectivity index (χ1) is 16.7. The maximum absolute atomic E-state index is 14.7. The van der Waals surface area contributed by atoms with E-state index in [0.29, 0.717) is 43.6 Å². The maximum atomic E-state index is 14.7. The van der Waals surface area contributed by atoms with E-state index >= 15 is 0 Å². The van der Waals surface area contributed by atoms with Crippen molar-refractivity contribution in [3.05, 3.63) is 53.2 Å². The lowest BCUT2D eigenvalue weighted by Gasteiger charge is -2.57. The van der Waals surface area contributed by atoms with E-state index in [2.05, 4.69) is 31.1 Å². The van der Waals surface area contributed by atoms with Gasteiger partial charge in [-0.3, -0.25) is 0 Å². The third-order valence-corrected chi connectivity index (χ3v) is 6.79. The van der Waals surface area contributed by atoms with Gasteiger partial charge >= 0.3 is 0 Å². The Balaban J connectivity index is 1.45. The predicted octanol–water partition coefficient (Wildman–Crippen LogP) is 4.01. The van der Waals surface area contributed by atoms with Crippen molar-refractivity contribution in [1.29, 1.82) is 5.26 Å². The van der Waals surface area contributed by atoms with Crippen LogP contribution in [0.4, 0.5) is 14.6 Å². The first kappa shape index (κ1) is 25.3. The highest BCUT2D eigenvalue weighted by molar-refractivity contribution is 5.43. The molecule has 0 radical (unpaired) electrons. The van der Waals surface area contributed by atoms with E-state index in [1.165, 1.54) is 25.4 Å². The van der Waals surface area contributed by atoms with Crippen molar-refractivity contribution in [2.24, 2.45) is 10.8 Å². The Morgan fingerprint density at radius 2 is 1.94 bits per heavy atom. The standard InChI is InChI=1S/C26H32F2N4O3/c1-25(2,3)24-26(14-31-24)15-34-21(35-16-26)9-10-32(20-8-5-17(11-29)12-30-20)13-18-6-7-19(33-4)23(28)22(18)27/h5-8,12,21,24,31H,9-10,13-16H2,1-4H3. The molecular formula is C26H32F2N4O3. The van der Waals surface area contributed by atoms with E-state index in [9.17, 15) is 8.78 Å². The summed E-state index contributed by atoms with van der Waals surface area (Å²) in [7, 11) is 1.29. The van der Waals surface area contributed by atoms with Gasteiger partial charge in [-0.05, 0) is 23.6 Å².